The number of rotatable bonds is 2. The van der Waals surface area contributed by atoms with E-state index < -0.39 is 0 Å². The van der Waals surface area contributed by atoms with Gasteiger partial charge in [0.15, 0.2) is 0 Å². The Morgan fingerprint density at radius 2 is 1.54 bits per heavy atom. The molecule has 0 radical (unpaired) electrons. The largest absolute Gasteiger partial charge is 0.0651 e. The lowest BCUT2D eigenvalue weighted by atomic mass is 9.93. The van der Waals surface area contributed by atoms with Crippen LogP contribution in [0.1, 0.15) is 41.2 Å². The zero-order chi connectivity index (χ0) is 10.0. The zero-order valence-corrected chi connectivity index (χ0v) is 9.49. The van der Waals surface area contributed by atoms with Gasteiger partial charge in [0.1, 0.15) is 0 Å². The highest BCUT2D eigenvalue weighted by Crippen LogP contribution is 2.21. The predicted octanol–water partition coefficient (Wildman–Crippen LogP) is 3.87. The fourth-order valence-electron chi connectivity index (χ4n) is 1.82. The van der Waals surface area contributed by atoms with Crippen molar-refractivity contribution < 1.29 is 0 Å². The van der Waals surface area contributed by atoms with E-state index in [-0.39, 0.29) is 0 Å². The summed E-state index contributed by atoms with van der Waals surface area (Å²) >= 11 is 0. The van der Waals surface area contributed by atoms with Crippen molar-refractivity contribution in [3.63, 3.8) is 0 Å². The molecule has 0 fully saturated rings. The predicted molar refractivity (Wildman–Crippen MR) is 59.4 cm³/mol. The van der Waals surface area contributed by atoms with E-state index in [0.717, 1.165) is 0 Å². The maximum Gasteiger partial charge on any atom is -0.0279 e. The fraction of sp³-hybridized carbons (Fsp3) is 0.538. The molecule has 0 heterocycles. The molecular weight excluding hydrogens is 156 g/mol. The standard InChI is InChI=1S/C13H20/c1-6-7-13-8-9(2)10(3)11(4)12(13)5/h8H,6-7H2,1-5H3. The molecule has 0 aromatic heterocycles. The molecule has 1 rings (SSSR count). The smallest absolute Gasteiger partial charge is 0.0279 e. The molecule has 0 aliphatic rings. The van der Waals surface area contributed by atoms with Crippen molar-refractivity contribution in [2.24, 2.45) is 0 Å². The Kier molecular flexibility index (Phi) is 3.13. The van der Waals surface area contributed by atoms with Crippen molar-refractivity contribution in [3.05, 3.63) is 33.9 Å². The van der Waals surface area contributed by atoms with E-state index in [2.05, 4.69) is 40.7 Å². The van der Waals surface area contributed by atoms with E-state index in [9.17, 15) is 0 Å². The van der Waals surface area contributed by atoms with Crippen LogP contribution < -0.4 is 0 Å². The summed E-state index contributed by atoms with van der Waals surface area (Å²) in [5, 5.41) is 0. The molecule has 0 atom stereocenters. The minimum Gasteiger partial charge on any atom is -0.0651 e. The molecule has 1 aromatic rings. The molecule has 0 spiro atoms. The topological polar surface area (TPSA) is 0 Å². The molecule has 72 valence electrons. The third kappa shape index (κ3) is 1.93. The van der Waals surface area contributed by atoms with Gasteiger partial charge < -0.3 is 0 Å². The zero-order valence-electron chi connectivity index (χ0n) is 9.49. The molecule has 0 bridgehead atoms. The molecule has 0 saturated carbocycles. The second-order valence-corrected chi connectivity index (χ2v) is 3.98. The van der Waals surface area contributed by atoms with Gasteiger partial charge in [0.2, 0.25) is 0 Å². The van der Waals surface area contributed by atoms with E-state index in [1.54, 1.807) is 0 Å². The van der Waals surface area contributed by atoms with E-state index >= 15 is 0 Å². The SMILES string of the molecule is CCCc1cc(C)c(C)c(C)c1C. The first-order valence-electron chi connectivity index (χ1n) is 5.14. The normalized spacial score (nSPS) is 10.5. The molecule has 0 heteroatoms. The van der Waals surface area contributed by atoms with Crippen LogP contribution in [0.5, 0.6) is 0 Å². The maximum atomic E-state index is 2.35. The second kappa shape index (κ2) is 3.95. The van der Waals surface area contributed by atoms with Crippen LogP contribution in [0.4, 0.5) is 0 Å². The number of benzene rings is 1. The van der Waals surface area contributed by atoms with Crippen LogP contribution >= 0.6 is 0 Å². The highest BCUT2D eigenvalue weighted by Gasteiger charge is 2.05. The van der Waals surface area contributed by atoms with E-state index in [1.807, 2.05) is 0 Å². The summed E-state index contributed by atoms with van der Waals surface area (Å²) < 4.78 is 0. The molecule has 0 aliphatic heterocycles. The van der Waals surface area contributed by atoms with E-state index in [0.29, 0.717) is 0 Å². The van der Waals surface area contributed by atoms with Gasteiger partial charge in [0.25, 0.3) is 0 Å². The molecule has 0 saturated heterocycles. The minimum absolute atomic E-state index is 1.22. The lowest BCUT2D eigenvalue weighted by Gasteiger charge is -2.13. The molecule has 0 amide bonds. The van der Waals surface area contributed by atoms with Crippen LogP contribution in [0.3, 0.4) is 0 Å². The summed E-state index contributed by atoms with van der Waals surface area (Å²) in [6.07, 6.45) is 2.45. The Balaban J connectivity index is 3.24. The molecule has 1 aromatic carbocycles. The number of aryl methyl sites for hydroxylation is 2. The van der Waals surface area contributed by atoms with Gasteiger partial charge in [-0.1, -0.05) is 19.4 Å². The number of hydrogen-bond acceptors (Lipinski definition) is 0. The highest BCUT2D eigenvalue weighted by atomic mass is 14.1. The van der Waals surface area contributed by atoms with Crippen molar-refractivity contribution in [1.82, 2.24) is 0 Å². The van der Waals surface area contributed by atoms with Gasteiger partial charge in [-0.2, -0.15) is 0 Å². The van der Waals surface area contributed by atoms with Crippen LogP contribution in [-0.2, 0) is 6.42 Å². The van der Waals surface area contributed by atoms with Crippen molar-refractivity contribution in [1.29, 1.82) is 0 Å². The summed E-state index contributed by atoms with van der Waals surface area (Å²) in [5.74, 6) is 0. The Labute approximate surface area is 82.0 Å². The summed E-state index contributed by atoms with van der Waals surface area (Å²) in [7, 11) is 0. The molecule has 0 nitrogen and oxygen atoms in total. The lowest BCUT2D eigenvalue weighted by Crippen LogP contribution is -1.97. The molecule has 13 heavy (non-hydrogen) atoms. The first kappa shape index (κ1) is 10.3. The monoisotopic (exact) mass is 176 g/mol. The summed E-state index contributed by atoms with van der Waals surface area (Å²) in [6, 6.07) is 2.35. The Hall–Kier alpha value is -0.780. The average Bonchev–Trinajstić information content (AvgIpc) is 2.11. The molecule has 0 aliphatic carbocycles. The van der Waals surface area contributed by atoms with Gasteiger partial charge in [0.05, 0.1) is 0 Å². The summed E-state index contributed by atoms with van der Waals surface area (Å²) in [5.41, 5.74) is 7.39. The summed E-state index contributed by atoms with van der Waals surface area (Å²) in [4.78, 5) is 0. The Bertz CT molecular complexity index is 308. The first-order chi connectivity index (χ1) is 6.07. The quantitative estimate of drug-likeness (QED) is 0.641. The second-order valence-electron chi connectivity index (χ2n) is 3.98. The number of hydrogen-bond donors (Lipinski definition) is 0. The van der Waals surface area contributed by atoms with Crippen LogP contribution in [-0.4, -0.2) is 0 Å². The van der Waals surface area contributed by atoms with Crippen molar-refractivity contribution in [3.8, 4) is 0 Å². The van der Waals surface area contributed by atoms with Gasteiger partial charge >= 0.3 is 0 Å². The van der Waals surface area contributed by atoms with Gasteiger partial charge in [0, 0.05) is 0 Å². The third-order valence-corrected chi connectivity index (χ3v) is 3.11. The van der Waals surface area contributed by atoms with Crippen molar-refractivity contribution in [2.75, 3.05) is 0 Å². The van der Waals surface area contributed by atoms with Crippen molar-refractivity contribution >= 4 is 0 Å². The molecular formula is C13H20. The highest BCUT2D eigenvalue weighted by molar-refractivity contribution is 5.43. The van der Waals surface area contributed by atoms with Crippen LogP contribution in [0.2, 0.25) is 0 Å². The summed E-state index contributed by atoms with van der Waals surface area (Å²) in [6.45, 7) is 11.1. The van der Waals surface area contributed by atoms with Crippen LogP contribution in [0, 0.1) is 27.7 Å². The minimum atomic E-state index is 1.22. The lowest BCUT2D eigenvalue weighted by molar-refractivity contribution is 0.905. The fourth-order valence-corrected chi connectivity index (χ4v) is 1.82. The third-order valence-electron chi connectivity index (χ3n) is 3.11. The Morgan fingerprint density at radius 1 is 0.923 bits per heavy atom. The Morgan fingerprint density at radius 3 is 2.08 bits per heavy atom. The maximum absolute atomic E-state index is 2.35. The van der Waals surface area contributed by atoms with E-state index in [4.69, 9.17) is 0 Å². The van der Waals surface area contributed by atoms with Gasteiger partial charge in [-0.05, 0) is 61.9 Å². The molecule has 0 N–H and O–H groups in total. The van der Waals surface area contributed by atoms with E-state index in [1.165, 1.54) is 40.7 Å². The van der Waals surface area contributed by atoms with Gasteiger partial charge in [-0.15, -0.1) is 0 Å². The average molecular weight is 176 g/mol. The first-order valence-corrected chi connectivity index (χ1v) is 5.14. The van der Waals surface area contributed by atoms with Gasteiger partial charge in [-0.3, -0.25) is 0 Å². The van der Waals surface area contributed by atoms with Crippen LogP contribution in [0.25, 0.3) is 0 Å². The van der Waals surface area contributed by atoms with Crippen LogP contribution in [0.15, 0.2) is 6.07 Å². The molecule has 0 unspecified atom stereocenters. The van der Waals surface area contributed by atoms with Crippen molar-refractivity contribution in [2.45, 2.75) is 47.5 Å². The van der Waals surface area contributed by atoms with Gasteiger partial charge in [-0.25, -0.2) is 0 Å².